The van der Waals surface area contributed by atoms with Gasteiger partial charge in [0, 0.05) is 22.3 Å². The summed E-state index contributed by atoms with van der Waals surface area (Å²) < 4.78 is 0. The van der Waals surface area contributed by atoms with E-state index in [9.17, 15) is 10.1 Å². The van der Waals surface area contributed by atoms with Gasteiger partial charge in [0.05, 0.1) is 12.6 Å². The molecular formula is C17H25N3OS. The van der Waals surface area contributed by atoms with Gasteiger partial charge < -0.3 is 5.32 Å². The Balaban J connectivity index is 1.95. The summed E-state index contributed by atoms with van der Waals surface area (Å²) in [7, 11) is 0. The average Bonchev–Trinajstić information content (AvgIpc) is 3.22. The Morgan fingerprint density at radius 1 is 1.55 bits per heavy atom. The zero-order valence-electron chi connectivity index (χ0n) is 13.8. The molecule has 1 saturated carbocycles. The lowest BCUT2D eigenvalue weighted by Crippen LogP contribution is -2.50. The number of nitriles is 1. The van der Waals surface area contributed by atoms with E-state index in [0.717, 1.165) is 19.4 Å². The molecule has 0 aliphatic heterocycles. The first-order valence-electron chi connectivity index (χ1n) is 7.85. The summed E-state index contributed by atoms with van der Waals surface area (Å²) >= 11 is 1.77. The van der Waals surface area contributed by atoms with Gasteiger partial charge in [-0.15, -0.1) is 11.3 Å². The van der Waals surface area contributed by atoms with Gasteiger partial charge in [-0.05, 0) is 58.6 Å². The number of hydrogen-bond donors (Lipinski definition) is 1. The van der Waals surface area contributed by atoms with Gasteiger partial charge in [0.15, 0.2) is 0 Å². The van der Waals surface area contributed by atoms with Crippen LogP contribution in [0, 0.1) is 24.2 Å². The van der Waals surface area contributed by atoms with Crippen molar-refractivity contribution in [3.05, 3.63) is 21.9 Å². The molecule has 1 aromatic heterocycles. The van der Waals surface area contributed by atoms with Crippen LogP contribution in [-0.2, 0) is 11.3 Å². The zero-order valence-corrected chi connectivity index (χ0v) is 14.7. The predicted octanol–water partition coefficient (Wildman–Crippen LogP) is 3.08. The number of hydrogen-bond acceptors (Lipinski definition) is 4. The fourth-order valence-corrected chi connectivity index (χ4v) is 3.50. The molecule has 5 heteroatoms. The quantitative estimate of drug-likeness (QED) is 0.840. The lowest BCUT2D eigenvalue weighted by atomic mass is 9.98. The number of amides is 1. The molecule has 1 atom stereocenters. The van der Waals surface area contributed by atoms with E-state index in [1.165, 1.54) is 9.75 Å². The molecule has 0 bridgehead atoms. The van der Waals surface area contributed by atoms with Crippen molar-refractivity contribution in [1.82, 2.24) is 10.2 Å². The number of nitrogens with one attached hydrogen (secondary N) is 1. The van der Waals surface area contributed by atoms with E-state index < -0.39 is 5.54 Å². The minimum absolute atomic E-state index is 0.0575. The van der Waals surface area contributed by atoms with Gasteiger partial charge in [0.2, 0.25) is 5.91 Å². The third-order valence-corrected chi connectivity index (χ3v) is 5.24. The largest absolute Gasteiger partial charge is 0.337 e. The summed E-state index contributed by atoms with van der Waals surface area (Å²) in [6.07, 6.45) is 2.07. The lowest BCUT2D eigenvalue weighted by molar-refractivity contribution is -0.124. The van der Waals surface area contributed by atoms with Crippen molar-refractivity contribution >= 4 is 17.2 Å². The Morgan fingerprint density at radius 3 is 2.68 bits per heavy atom. The van der Waals surface area contributed by atoms with Crippen LogP contribution in [0.25, 0.3) is 0 Å². The van der Waals surface area contributed by atoms with Crippen LogP contribution in [0.4, 0.5) is 0 Å². The highest BCUT2D eigenvalue weighted by Crippen LogP contribution is 2.39. The minimum Gasteiger partial charge on any atom is -0.337 e. The molecule has 2 rings (SSSR count). The van der Waals surface area contributed by atoms with Crippen molar-refractivity contribution in [2.75, 3.05) is 6.54 Å². The molecule has 22 heavy (non-hydrogen) atoms. The molecule has 0 spiro atoms. The van der Waals surface area contributed by atoms with Gasteiger partial charge in [-0.25, -0.2) is 0 Å². The van der Waals surface area contributed by atoms with E-state index >= 15 is 0 Å². The first-order valence-corrected chi connectivity index (χ1v) is 8.67. The molecule has 1 heterocycles. The first kappa shape index (κ1) is 17.0. The zero-order chi connectivity index (χ0) is 16.3. The highest BCUT2D eigenvalue weighted by atomic mass is 32.1. The number of rotatable bonds is 7. The fraction of sp³-hybridized carbons (Fsp3) is 0.647. The molecule has 4 nitrogen and oxygen atoms in total. The summed E-state index contributed by atoms with van der Waals surface area (Å²) in [6.45, 7) is 9.23. The maximum Gasteiger partial charge on any atom is 0.235 e. The smallest absolute Gasteiger partial charge is 0.235 e. The highest BCUT2D eigenvalue weighted by molar-refractivity contribution is 7.11. The Labute approximate surface area is 137 Å². The lowest BCUT2D eigenvalue weighted by Gasteiger charge is -2.28. The molecule has 1 N–H and O–H groups in total. The number of carbonyl (C=O) groups is 1. The van der Waals surface area contributed by atoms with Crippen LogP contribution in [0.1, 0.15) is 43.4 Å². The average molecular weight is 319 g/mol. The Bertz CT molecular complexity index is 571. The van der Waals surface area contributed by atoms with Gasteiger partial charge in [0.1, 0.15) is 5.54 Å². The molecule has 1 fully saturated rings. The number of nitrogens with zero attached hydrogens (tertiary/aromatic N) is 2. The second-order valence-electron chi connectivity index (χ2n) is 6.65. The molecule has 1 amide bonds. The standard InChI is InChI=1S/C17H25N3OS/c1-12(2)20(9-15-8-5-13(3)22-15)10-16(21)19-17(4,11-18)14-6-7-14/h5,8,12,14H,6-7,9-10H2,1-4H3,(H,19,21). The maximum absolute atomic E-state index is 12.4. The van der Waals surface area contributed by atoms with Crippen LogP contribution in [0.2, 0.25) is 0 Å². The SMILES string of the molecule is Cc1ccc(CN(CC(=O)NC(C)(C#N)C2CC2)C(C)C)s1. The van der Waals surface area contributed by atoms with Gasteiger partial charge in [0.25, 0.3) is 0 Å². The van der Waals surface area contributed by atoms with E-state index in [0.29, 0.717) is 12.5 Å². The molecule has 120 valence electrons. The highest BCUT2D eigenvalue weighted by Gasteiger charge is 2.43. The third kappa shape index (κ3) is 4.31. The van der Waals surface area contributed by atoms with Crippen LogP contribution >= 0.6 is 11.3 Å². The van der Waals surface area contributed by atoms with Crippen molar-refractivity contribution in [3.8, 4) is 6.07 Å². The van der Waals surface area contributed by atoms with Crippen molar-refractivity contribution in [2.24, 2.45) is 5.92 Å². The van der Waals surface area contributed by atoms with Crippen LogP contribution in [0.5, 0.6) is 0 Å². The molecule has 1 aliphatic carbocycles. The Morgan fingerprint density at radius 2 is 2.23 bits per heavy atom. The van der Waals surface area contributed by atoms with Crippen molar-refractivity contribution in [3.63, 3.8) is 0 Å². The van der Waals surface area contributed by atoms with Crippen molar-refractivity contribution < 1.29 is 4.79 Å². The fourth-order valence-electron chi connectivity index (χ4n) is 2.59. The predicted molar refractivity (Wildman–Crippen MR) is 89.5 cm³/mol. The Hall–Kier alpha value is -1.38. The van der Waals surface area contributed by atoms with Gasteiger partial charge >= 0.3 is 0 Å². The normalized spacial score (nSPS) is 17.3. The summed E-state index contributed by atoms with van der Waals surface area (Å²) in [5.74, 6) is 0.256. The molecule has 1 aromatic rings. The van der Waals surface area contributed by atoms with Crippen LogP contribution in [0.3, 0.4) is 0 Å². The number of aryl methyl sites for hydroxylation is 1. The van der Waals surface area contributed by atoms with Crippen LogP contribution in [-0.4, -0.2) is 28.9 Å². The summed E-state index contributed by atoms with van der Waals surface area (Å²) in [6, 6.07) is 6.79. The van der Waals surface area contributed by atoms with Crippen molar-refractivity contribution in [1.29, 1.82) is 5.26 Å². The second-order valence-corrected chi connectivity index (χ2v) is 8.02. The van der Waals surface area contributed by atoms with E-state index in [2.05, 4.69) is 49.2 Å². The summed E-state index contributed by atoms with van der Waals surface area (Å²) in [5, 5.41) is 12.3. The van der Waals surface area contributed by atoms with E-state index in [1.54, 1.807) is 11.3 Å². The minimum atomic E-state index is -0.709. The molecule has 0 radical (unpaired) electrons. The Kier molecular flexibility index (Phi) is 5.25. The maximum atomic E-state index is 12.4. The topological polar surface area (TPSA) is 56.1 Å². The molecular weight excluding hydrogens is 294 g/mol. The molecule has 1 unspecified atom stereocenters. The summed E-state index contributed by atoms with van der Waals surface area (Å²) in [4.78, 5) is 17.1. The van der Waals surface area contributed by atoms with Crippen LogP contribution < -0.4 is 5.32 Å². The molecule has 1 aliphatic rings. The third-order valence-electron chi connectivity index (χ3n) is 4.26. The van der Waals surface area contributed by atoms with Gasteiger partial charge in [-0.2, -0.15) is 5.26 Å². The monoisotopic (exact) mass is 319 g/mol. The number of carbonyl (C=O) groups excluding carboxylic acids is 1. The van der Waals surface area contributed by atoms with E-state index in [-0.39, 0.29) is 11.9 Å². The number of thiophene rings is 1. The van der Waals surface area contributed by atoms with Crippen LogP contribution in [0.15, 0.2) is 12.1 Å². The van der Waals surface area contributed by atoms with Gasteiger partial charge in [-0.1, -0.05) is 0 Å². The molecule has 0 aromatic carbocycles. The molecule has 0 saturated heterocycles. The second kappa shape index (κ2) is 6.80. The van der Waals surface area contributed by atoms with E-state index in [4.69, 9.17) is 0 Å². The van der Waals surface area contributed by atoms with Crippen molar-refractivity contribution in [2.45, 2.75) is 58.7 Å². The summed E-state index contributed by atoms with van der Waals surface area (Å²) in [5.41, 5.74) is -0.709. The first-order chi connectivity index (χ1) is 10.3. The van der Waals surface area contributed by atoms with E-state index in [1.807, 2.05) is 6.92 Å². The van der Waals surface area contributed by atoms with Gasteiger partial charge in [-0.3, -0.25) is 9.69 Å².